The van der Waals surface area contributed by atoms with Crippen LogP contribution in [-0.4, -0.2) is 41.3 Å². The molecule has 5 aromatic heterocycles. The highest BCUT2D eigenvalue weighted by atomic mass is 16.2. The highest BCUT2D eigenvalue weighted by molar-refractivity contribution is 6.05. The summed E-state index contributed by atoms with van der Waals surface area (Å²) in [6.07, 6.45) is 10.7. The minimum absolute atomic E-state index is 0.104. The highest BCUT2D eigenvalue weighted by Gasteiger charge is 2.27. The summed E-state index contributed by atoms with van der Waals surface area (Å²) in [5.41, 5.74) is 9.24. The van der Waals surface area contributed by atoms with E-state index in [1.54, 1.807) is 43.2 Å². The zero-order chi connectivity index (χ0) is 31.0. The molecule has 0 saturated carbocycles. The molecule has 1 aliphatic heterocycles. The molecule has 0 aliphatic carbocycles. The van der Waals surface area contributed by atoms with Crippen LogP contribution in [0.1, 0.15) is 29.2 Å². The van der Waals surface area contributed by atoms with E-state index in [0.717, 1.165) is 33.8 Å². The summed E-state index contributed by atoms with van der Waals surface area (Å²) in [5.74, 6) is -0.365. The number of carbonyl (C=O) groups excluding carboxylic acids is 1. The number of nitrogens with zero attached hydrogens (tertiary/aromatic N) is 7. The second kappa shape index (κ2) is 13.4. The fourth-order valence-electron chi connectivity index (χ4n) is 4.88. The molecule has 220 valence electrons. The Kier molecular flexibility index (Phi) is 8.64. The molecule has 0 fully saturated rings. The molecule has 45 heavy (non-hydrogen) atoms. The molecule has 1 aromatic carbocycles. The summed E-state index contributed by atoms with van der Waals surface area (Å²) in [4.78, 5) is 41.8. The van der Waals surface area contributed by atoms with Crippen molar-refractivity contribution in [2.75, 3.05) is 0 Å². The Bertz CT molecular complexity index is 2000. The van der Waals surface area contributed by atoms with Crippen LogP contribution in [0.25, 0.3) is 28.2 Å². The predicted molar refractivity (Wildman–Crippen MR) is 172 cm³/mol. The number of nitrogens with one attached hydrogen (secondary N) is 1. The van der Waals surface area contributed by atoms with Gasteiger partial charge in [0.15, 0.2) is 0 Å². The normalized spacial score (nSPS) is 14.0. The Morgan fingerprint density at radius 1 is 0.733 bits per heavy atom. The number of hydrazone groups is 1. The maximum atomic E-state index is 13.1. The summed E-state index contributed by atoms with van der Waals surface area (Å²) < 4.78 is 1.43. The second-order valence-electron chi connectivity index (χ2n) is 10.2. The van der Waals surface area contributed by atoms with Gasteiger partial charge in [0.2, 0.25) is 5.91 Å². The summed E-state index contributed by atoms with van der Waals surface area (Å²) in [7, 11) is 0. The Morgan fingerprint density at radius 3 is 2.16 bits per heavy atom. The van der Waals surface area contributed by atoms with Crippen molar-refractivity contribution in [2.45, 2.75) is 19.3 Å². The third-order valence-electron chi connectivity index (χ3n) is 7.12. The van der Waals surface area contributed by atoms with Crippen molar-refractivity contribution in [2.24, 2.45) is 5.10 Å². The molecule has 6 aromatic rings. The first kappa shape index (κ1) is 28.9. The molecule has 10 heteroatoms. The number of carbonyl (C=O) groups is 1. The van der Waals surface area contributed by atoms with E-state index in [0.29, 0.717) is 23.4 Å². The lowest BCUT2D eigenvalue weighted by Crippen LogP contribution is -2.33. The van der Waals surface area contributed by atoms with Crippen LogP contribution in [0.5, 0.6) is 0 Å². The fourth-order valence-corrected chi connectivity index (χ4v) is 4.88. The second-order valence-corrected chi connectivity index (χ2v) is 10.2. The Hall–Kier alpha value is -6.16. The van der Waals surface area contributed by atoms with E-state index in [4.69, 9.17) is 0 Å². The zero-order valence-corrected chi connectivity index (χ0v) is 24.4. The number of hydrogen-bond donors (Lipinski definition) is 1. The molecular weight excluding hydrogens is 564 g/mol. The van der Waals surface area contributed by atoms with E-state index >= 15 is 0 Å². The summed E-state index contributed by atoms with van der Waals surface area (Å²) in [5, 5.41) is 8.65. The first-order valence-corrected chi connectivity index (χ1v) is 14.3. The smallest absolute Gasteiger partial charge is 0.272 e. The lowest BCUT2D eigenvalue weighted by Gasteiger charge is -2.21. The van der Waals surface area contributed by atoms with E-state index in [9.17, 15) is 9.59 Å². The van der Waals surface area contributed by atoms with Gasteiger partial charge in [-0.25, -0.2) is 5.43 Å². The first-order chi connectivity index (χ1) is 22.1. The average molecular weight is 593 g/mol. The molecule has 0 bridgehead atoms. The first-order valence-electron chi connectivity index (χ1n) is 14.3. The van der Waals surface area contributed by atoms with Crippen molar-refractivity contribution in [1.82, 2.24) is 35.1 Å². The maximum absolute atomic E-state index is 13.1. The van der Waals surface area contributed by atoms with Gasteiger partial charge in [0.25, 0.3) is 5.56 Å². The van der Waals surface area contributed by atoms with Crippen LogP contribution in [0, 0.1) is 6.92 Å². The molecule has 7 rings (SSSR count). The molecule has 1 aliphatic rings. The Morgan fingerprint density at radius 2 is 1.49 bits per heavy atom. The molecular formula is C35H28N8O2. The van der Waals surface area contributed by atoms with Gasteiger partial charge in [-0.2, -0.15) is 14.9 Å². The number of rotatable bonds is 5. The number of aromatic nitrogens is 6. The van der Waals surface area contributed by atoms with Gasteiger partial charge in [-0.05, 0) is 72.6 Å². The minimum Gasteiger partial charge on any atom is -0.272 e. The SMILES string of the molecule is Cc1cccc(-n2nc(-c3ccccn3)cc(-c3cccnc3)c2=O)c1.O=C1NN=C(c2ccccn2)CC1c1cccnc1. The standard InChI is InChI=1S/C21H16N4O.C14H12N4O/c1-15-6-4-8-17(12-15)25-21(26)18(16-7-5-10-22-14-16)13-20(24-25)19-9-2-3-11-23-19;19-14-11(10-4-3-6-15-9-10)8-13(17-18-14)12-5-1-2-7-16-12/h2-14H,1H3;1-7,9,11H,8H2,(H,18,19). The van der Waals surface area contributed by atoms with Gasteiger partial charge in [-0.1, -0.05) is 36.4 Å². The van der Waals surface area contributed by atoms with Gasteiger partial charge >= 0.3 is 0 Å². The molecule has 0 saturated heterocycles. The molecule has 6 heterocycles. The third-order valence-corrected chi connectivity index (χ3v) is 7.12. The van der Waals surface area contributed by atoms with Crippen molar-refractivity contribution in [3.63, 3.8) is 0 Å². The van der Waals surface area contributed by atoms with Crippen LogP contribution in [0.2, 0.25) is 0 Å². The highest BCUT2D eigenvalue weighted by Crippen LogP contribution is 2.24. The Balaban J connectivity index is 0.000000167. The van der Waals surface area contributed by atoms with Crippen LogP contribution in [0.4, 0.5) is 0 Å². The largest absolute Gasteiger partial charge is 0.279 e. The van der Waals surface area contributed by atoms with Crippen LogP contribution in [0.3, 0.4) is 0 Å². The minimum atomic E-state index is -0.261. The van der Waals surface area contributed by atoms with E-state index in [1.807, 2.05) is 91.9 Å². The van der Waals surface area contributed by atoms with E-state index in [1.165, 1.54) is 4.68 Å². The van der Waals surface area contributed by atoms with Crippen LogP contribution < -0.4 is 11.0 Å². The topological polar surface area (TPSA) is 128 Å². The van der Waals surface area contributed by atoms with Crippen molar-refractivity contribution < 1.29 is 4.79 Å². The fraction of sp³-hybridized carbons (Fsp3) is 0.0857. The molecule has 0 radical (unpaired) electrons. The number of benzene rings is 1. The van der Waals surface area contributed by atoms with Crippen molar-refractivity contribution >= 4 is 11.6 Å². The van der Waals surface area contributed by atoms with E-state index < -0.39 is 0 Å². The number of aryl methyl sites for hydroxylation is 1. The van der Waals surface area contributed by atoms with E-state index in [2.05, 4.69) is 35.6 Å². The van der Waals surface area contributed by atoms with Crippen molar-refractivity contribution in [3.8, 4) is 28.2 Å². The quantitative estimate of drug-likeness (QED) is 0.293. The van der Waals surface area contributed by atoms with Gasteiger partial charge in [0.1, 0.15) is 5.69 Å². The summed E-state index contributed by atoms with van der Waals surface area (Å²) in [6.45, 7) is 1.99. The summed E-state index contributed by atoms with van der Waals surface area (Å²) in [6, 6.07) is 28.1. The zero-order valence-electron chi connectivity index (χ0n) is 24.4. The molecule has 0 spiro atoms. The maximum Gasteiger partial charge on any atom is 0.279 e. The monoisotopic (exact) mass is 592 g/mol. The molecule has 1 amide bonds. The van der Waals surface area contributed by atoms with Crippen molar-refractivity contribution in [1.29, 1.82) is 0 Å². The Labute approximate surface area is 259 Å². The van der Waals surface area contributed by atoms with Gasteiger partial charge in [0, 0.05) is 49.2 Å². The lowest BCUT2D eigenvalue weighted by atomic mass is 9.92. The van der Waals surface area contributed by atoms with Gasteiger partial charge in [-0.3, -0.25) is 29.5 Å². The van der Waals surface area contributed by atoms with Crippen LogP contribution in [-0.2, 0) is 4.79 Å². The molecule has 1 unspecified atom stereocenters. The predicted octanol–water partition coefficient (Wildman–Crippen LogP) is 5.15. The molecule has 1 N–H and O–H groups in total. The van der Waals surface area contributed by atoms with Crippen LogP contribution >= 0.6 is 0 Å². The van der Waals surface area contributed by atoms with Gasteiger partial charge in [-0.15, -0.1) is 0 Å². The van der Waals surface area contributed by atoms with Gasteiger partial charge < -0.3 is 0 Å². The molecule has 10 nitrogen and oxygen atoms in total. The van der Waals surface area contributed by atoms with Crippen molar-refractivity contribution in [3.05, 3.63) is 155 Å². The number of hydrogen-bond acceptors (Lipinski definition) is 8. The van der Waals surface area contributed by atoms with E-state index in [-0.39, 0.29) is 17.4 Å². The third kappa shape index (κ3) is 6.75. The number of amides is 1. The van der Waals surface area contributed by atoms with Crippen LogP contribution in [0.15, 0.2) is 138 Å². The lowest BCUT2D eigenvalue weighted by molar-refractivity contribution is -0.122. The average Bonchev–Trinajstić information content (AvgIpc) is 3.10. The summed E-state index contributed by atoms with van der Waals surface area (Å²) >= 11 is 0. The number of pyridine rings is 4. The molecule has 1 atom stereocenters. The van der Waals surface area contributed by atoms with Gasteiger partial charge in [0.05, 0.1) is 34.3 Å².